The van der Waals surface area contributed by atoms with E-state index in [-0.39, 0.29) is 0 Å². The van der Waals surface area contributed by atoms with Gasteiger partial charge in [0.25, 0.3) is 0 Å². The molecule has 0 N–H and O–H groups in total. The van der Waals surface area contributed by atoms with E-state index < -0.39 is 0 Å². The molecule has 0 aromatic carbocycles. The highest BCUT2D eigenvalue weighted by Crippen LogP contribution is 2.08. The van der Waals surface area contributed by atoms with Gasteiger partial charge >= 0.3 is 0 Å². The van der Waals surface area contributed by atoms with Crippen LogP contribution < -0.4 is 0 Å². The third-order valence-electron chi connectivity index (χ3n) is 1.20. The average molecular weight is 134 g/mol. The number of alkyl halides is 1. The van der Waals surface area contributed by atoms with Gasteiger partial charge in [0.2, 0.25) is 0 Å². The number of halogens is 1. The van der Waals surface area contributed by atoms with Gasteiger partial charge in [0.1, 0.15) is 0 Å². The van der Waals surface area contributed by atoms with Crippen molar-refractivity contribution in [3.63, 3.8) is 0 Å². The fourth-order valence-electron chi connectivity index (χ4n) is 0.566. The zero-order chi connectivity index (χ0) is 6.41. The van der Waals surface area contributed by atoms with Crippen molar-refractivity contribution in [1.82, 2.24) is 0 Å². The van der Waals surface area contributed by atoms with Crippen molar-refractivity contribution in [2.75, 3.05) is 0 Å². The molecule has 0 aromatic heterocycles. The smallest absolute Gasteiger partial charge is 0.0364 e. The lowest BCUT2D eigenvalue weighted by Crippen LogP contribution is -1.94. The van der Waals surface area contributed by atoms with Crippen LogP contribution in [0.5, 0.6) is 0 Å². The Hall–Kier alpha value is 0.290. The first-order valence-corrected chi connectivity index (χ1v) is 3.68. The van der Waals surface area contributed by atoms with Crippen LogP contribution >= 0.6 is 11.6 Å². The molecule has 0 aliphatic heterocycles. The Morgan fingerprint density at radius 3 is 2.62 bits per heavy atom. The summed E-state index contributed by atoms with van der Waals surface area (Å²) in [5.74, 6) is 0. The molecule has 0 fully saturated rings. The Morgan fingerprint density at radius 1 is 1.62 bits per heavy atom. The summed E-state index contributed by atoms with van der Waals surface area (Å²) in [4.78, 5) is 0. The molecule has 0 nitrogen and oxygen atoms in total. The molecule has 0 aliphatic rings. The van der Waals surface area contributed by atoms with E-state index in [9.17, 15) is 0 Å². The summed E-state index contributed by atoms with van der Waals surface area (Å²) in [5, 5.41) is 0.301. The second kappa shape index (κ2) is 5.43. The molecule has 0 aromatic rings. The molecule has 49 valence electrons. The minimum absolute atomic E-state index is 0.301. The Balaban J connectivity index is 2.86. The summed E-state index contributed by atoms with van der Waals surface area (Å²) >= 11 is 5.79. The minimum Gasteiger partial charge on any atom is -0.123 e. The largest absolute Gasteiger partial charge is 0.123 e. The summed E-state index contributed by atoms with van der Waals surface area (Å²) in [6, 6.07) is 0. The molecule has 8 heavy (non-hydrogen) atoms. The zero-order valence-electron chi connectivity index (χ0n) is 5.65. The van der Waals surface area contributed by atoms with Crippen LogP contribution in [0.2, 0.25) is 0 Å². The van der Waals surface area contributed by atoms with Gasteiger partial charge in [0.05, 0.1) is 0 Å². The van der Waals surface area contributed by atoms with Gasteiger partial charge in [-0.05, 0) is 12.8 Å². The van der Waals surface area contributed by atoms with Crippen molar-refractivity contribution >= 4 is 11.6 Å². The van der Waals surface area contributed by atoms with Gasteiger partial charge in [-0.1, -0.05) is 26.7 Å². The van der Waals surface area contributed by atoms with Crippen LogP contribution in [-0.4, -0.2) is 5.38 Å². The maximum absolute atomic E-state index is 5.79. The van der Waals surface area contributed by atoms with Crippen molar-refractivity contribution < 1.29 is 0 Å². The number of hydrogen-bond donors (Lipinski definition) is 0. The summed E-state index contributed by atoms with van der Waals surface area (Å²) in [7, 11) is 0. The van der Waals surface area contributed by atoms with Crippen molar-refractivity contribution in [1.29, 1.82) is 0 Å². The monoisotopic (exact) mass is 133 g/mol. The molecule has 0 heterocycles. The zero-order valence-corrected chi connectivity index (χ0v) is 6.41. The van der Waals surface area contributed by atoms with E-state index in [2.05, 4.69) is 6.92 Å². The molecule has 0 saturated carbocycles. The Morgan fingerprint density at radius 2 is 2.25 bits per heavy atom. The molecule has 0 spiro atoms. The lowest BCUT2D eigenvalue weighted by molar-refractivity contribution is 0.716. The van der Waals surface area contributed by atoms with E-state index >= 15 is 0 Å². The molecule has 0 amide bonds. The summed E-state index contributed by atoms with van der Waals surface area (Å²) in [6.07, 6.45) is 5.67. The first kappa shape index (κ1) is 8.29. The first-order chi connectivity index (χ1) is 3.81. The highest BCUT2D eigenvalue weighted by molar-refractivity contribution is 6.21. The van der Waals surface area contributed by atoms with Gasteiger partial charge in [0, 0.05) is 5.38 Å². The Bertz CT molecular complexity index is 43.7. The van der Waals surface area contributed by atoms with Crippen LogP contribution in [0.25, 0.3) is 0 Å². The van der Waals surface area contributed by atoms with Crippen molar-refractivity contribution in [3.8, 4) is 0 Å². The van der Waals surface area contributed by atoms with Crippen molar-refractivity contribution in [2.24, 2.45) is 0 Å². The molecule has 1 radical (unpaired) electrons. The topological polar surface area (TPSA) is 0 Å². The lowest BCUT2D eigenvalue weighted by Gasteiger charge is -2.01. The van der Waals surface area contributed by atoms with Gasteiger partial charge in [-0.25, -0.2) is 0 Å². The SMILES string of the molecule is C[CH]C(Cl)CCCC. The van der Waals surface area contributed by atoms with Crippen molar-refractivity contribution in [2.45, 2.75) is 38.5 Å². The van der Waals surface area contributed by atoms with Gasteiger partial charge in [-0.2, -0.15) is 0 Å². The fraction of sp³-hybridized carbons (Fsp3) is 0.857. The molecule has 0 aliphatic carbocycles. The third kappa shape index (κ3) is 4.45. The lowest BCUT2D eigenvalue weighted by atomic mass is 10.2. The number of unbranched alkanes of at least 4 members (excludes halogenated alkanes) is 1. The summed E-state index contributed by atoms with van der Waals surface area (Å²) in [5.41, 5.74) is 0. The molecular weight excluding hydrogens is 120 g/mol. The van der Waals surface area contributed by atoms with E-state index in [0.29, 0.717) is 5.38 Å². The van der Waals surface area contributed by atoms with E-state index in [1.807, 2.05) is 13.3 Å². The number of hydrogen-bond acceptors (Lipinski definition) is 0. The highest BCUT2D eigenvalue weighted by Gasteiger charge is 1.97. The van der Waals surface area contributed by atoms with E-state index in [4.69, 9.17) is 11.6 Å². The van der Waals surface area contributed by atoms with E-state index in [0.717, 1.165) is 6.42 Å². The van der Waals surface area contributed by atoms with Crippen LogP contribution in [0.15, 0.2) is 0 Å². The van der Waals surface area contributed by atoms with Crippen LogP contribution in [0.4, 0.5) is 0 Å². The molecule has 1 atom stereocenters. The van der Waals surface area contributed by atoms with Crippen LogP contribution in [0.3, 0.4) is 0 Å². The van der Waals surface area contributed by atoms with Crippen LogP contribution in [-0.2, 0) is 0 Å². The maximum Gasteiger partial charge on any atom is 0.0364 e. The molecular formula is C7H14Cl. The van der Waals surface area contributed by atoms with Crippen LogP contribution in [0, 0.1) is 6.42 Å². The van der Waals surface area contributed by atoms with Crippen molar-refractivity contribution in [3.05, 3.63) is 6.42 Å². The molecule has 0 bridgehead atoms. The number of rotatable bonds is 4. The normalized spacial score (nSPS) is 13.9. The second-order valence-corrected chi connectivity index (χ2v) is 2.55. The first-order valence-electron chi connectivity index (χ1n) is 3.24. The van der Waals surface area contributed by atoms with Gasteiger partial charge in [0.15, 0.2) is 0 Å². The Labute approximate surface area is 57.2 Å². The van der Waals surface area contributed by atoms with Gasteiger partial charge < -0.3 is 0 Å². The predicted octanol–water partition coefficient (Wildman–Crippen LogP) is 3.01. The third-order valence-corrected chi connectivity index (χ3v) is 1.67. The summed E-state index contributed by atoms with van der Waals surface area (Å²) in [6.45, 7) is 4.19. The molecule has 1 unspecified atom stereocenters. The fourth-order valence-corrected chi connectivity index (χ4v) is 0.720. The average Bonchev–Trinajstić information content (AvgIpc) is 1.83. The predicted molar refractivity (Wildman–Crippen MR) is 39.1 cm³/mol. The van der Waals surface area contributed by atoms with Crippen LogP contribution in [0.1, 0.15) is 33.1 Å². The second-order valence-electron chi connectivity index (χ2n) is 1.99. The molecule has 0 saturated heterocycles. The highest BCUT2D eigenvalue weighted by atomic mass is 35.5. The van der Waals surface area contributed by atoms with E-state index in [1.165, 1.54) is 12.8 Å². The molecule has 1 heteroatoms. The molecule has 0 rings (SSSR count). The summed E-state index contributed by atoms with van der Waals surface area (Å²) < 4.78 is 0. The minimum atomic E-state index is 0.301. The van der Waals surface area contributed by atoms with Gasteiger partial charge in [-0.3, -0.25) is 0 Å². The van der Waals surface area contributed by atoms with E-state index in [1.54, 1.807) is 0 Å². The maximum atomic E-state index is 5.79. The quantitative estimate of drug-likeness (QED) is 0.518. The Kier molecular flexibility index (Phi) is 5.62. The van der Waals surface area contributed by atoms with Gasteiger partial charge in [-0.15, -0.1) is 11.6 Å². The standard InChI is InChI=1S/C7H14Cl/c1-3-5-6-7(8)4-2/h4,7H,3,5-6H2,1-2H3.